The monoisotopic (exact) mass is 207 g/mol. The Balaban J connectivity index is 2.05. The molecule has 0 radical (unpaired) electrons. The summed E-state index contributed by atoms with van der Waals surface area (Å²) in [5.74, 6) is 0. The summed E-state index contributed by atoms with van der Waals surface area (Å²) in [6.07, 6.45) is 4.10. The van der Waals surface area contributed by atoms with Crippen molar-refractivity contribution in [2.24, 2.45) is 0 Å². The largest absolute Gasteiger partial charge is 0.370 e. The summed E-state index contributed by atoms with van der Waals surface area (Å²) in [5, 5.41) is 0. The van der Waals surface area contributed by atoms with Gasteiger partial charge in [0.25, 0.3) is 5.56 Å². The van der Waals surface area contributed by atoms with Crippen LogP contribution in [-0.4, -0.2) is 16.3 Å². The minimum atomic E-state index is -0.0247. The van der Waals surface area contributed by atoms with Gasteiger partial charge in [0.1, 0.15) is 0 Å². The molecule has 3 nitrogen and oxygen atoms in total. The number of hydrogen-bond donors (Lipinski definition) is 0. The molecular formula is C12H17NO2. The van der Waals surface area contributed by atoms with Crippen LogP contribution in [0.1, 0.15) is 26.7 Å². The Kier molecular flexibility index (Phi) is 2.65. The highest BCUT2D eigenvalue weighted by atomic mass is 16.5. The maximum absolute atomic E-state index is 11.5. The lowest BCUT2D eigenvalue weighted by atomic mass is 10.1. The number of hydrogen-bond acceptors (Lipinski definition) is 2. The van der Waals surface area contributed by atoms with Gasteiger partial charge in [-0.15, -0.1) is 0 Å². The van der Waals surface area contributed by atoms with Crippen LogP contribution >= 0.6 is 0 Å². The molecule has 0 saturated carbocycles. The van der Waals surface area contributed by atoms with Crippen molar-refractivity contribution in [2.45, 2.75) is 44.9 Å². The van der Waals surface area contributed by atoms with E-state index in [2.05, 4.69) is 13.8 Å². The van der Waals surface area contributed by atoms with E-state index in [1.807, 2.05) is 12.3 Å². The number of ether oxygens (including phenoxy) is 1. The summed E-state index contributed by atoms with van der Waals surface area (Å²) < 4.78 is 7.56. The van der Waals surface area contributed by atoms with Gasteiger partial charge in [0.05, 0.1) is 18.2 Å². The zero-order chi connectivity index (χ0) is 10.9. The van der Waals surface area contributed by atoms with E-state index in [0.717, 1.165) is 12.8 Å². The highest BCUT2D eigenvalue weighted by molar-refractivity contribution is 4.94. The van der Waals surface area contributed by atoms with Crippen molar-refractivity contribution in [1.29, 1.82) is 0 Å². The SMILES string of the molecule is CC1(C)CCC(Cn2ccccc2=O)O1. The molecule has 0 spiro atoms. The molecule has 0 N–H and O–H groups in total. The second-order valence-electron chi connectivity index (χ2n) is 4.73. The van der Waals surface area contributed by atoms with Gasteiger partial charge in [0.2, 0.25) is 0 Å². The lowest BCUT2D eigenvalue weighted by Gasteiger charge is -2.19. The summed E-state index contributed by atoms with van der Waals surface area (Å²) in [6.45, 7) is 4.87. The fourth-order valence-electron chi connectivity index (χ4n) is 2.04. The van der Waals surface area contributed by atoms with Gasteiger partial charge in [0, 0.05) is 12.3 Å². The van der Waals surface area contributed by atoms with Gasteiger partial charge in [-0.2, -0.15) is 0 Å². The maximum atomic E-state index is 11.5. The van der Waals surface area contributed by atoms with Gasteiger partial charge >= 0.3 is 0 Å². The topological polar surface area (TPSA) is 31.2 Å². The molecule has 1 unspecified atom stereocenters. The van der Waals surface area contributed by atoms with Crippen molar-refractivity contribution in [3.63, 3.8) is 0 Å². The standard InChI is InChI=1S/C12H17NO2/c1-12(2)7-6-10(15-12)9-13-8-4-3-5-11(13)14/h3-5,8,10H,6-7,9H2,1-2H3. The van der Waals surface area contributed by atoms with Crippen LogP contribution in [0.5, 0.6) is 0 Å². The van der Waals surface area contributed by atoms with Gasteiger partial charge in [0.15, 0.2) is 0 Å². The average molecular weight is 207 g/mol. The first-order chi connectivity index (χ1) is 7.07. The Labute approximate surface area is 89.7 Å². The van der Waals surface area contributed by atoms with Crippen molar-refractivity contribution in [1.82, 2.24) is 4.57 Å². The van der Waals surface area contributed by atoms with E-state index in [1.54, 1.807) is 16.7 Å². The molecule has 15 heavy (non-hydrogen) atoms. The smallest absolute Gasteiger partial charge is 0.250 e. The van der Waals surface area contributed by atoms with Gasteiger partial charge in [-0.1, -0.05) is 6.07 Å². The van der Waals surface area contributed by atoms with E-state index >= 15 is 0 Å². The Hall–Kier alpha value is -1.09. The van der Waals surface area contributed by atoms with Gasteiger partial charge < -0.3 is 9.30 Å². The summed E-state index contributed by atoms with van der Waals surface area (Å²) in [7, 11) is 0. The van der Waals surface area contributed by atoms with Crippen LogP contribution in [0.15, 0.2) is 29.2 Å². The Morgan fingerprint density at radius 1 is 1.53 bits per heavy atom. The van der Waals surface area contributed by atoms with Crippen LogP contribution < -0.4 is 5.56 Å². The zero-order valence-corrected chi connectivity index (χ0v) is 9.27. The fourth-order valence-corrected chi connectivity index (χ4v) is 2.04. The molecule has 1 aromatic rings. The van der Waals surface area contributed by atoms with E-state index in [9.17, 15) is 4.79 Å². The third-order valence-corrected chi connectivity index (χ3v) is 2.85. The molecule has 0 aliphatic carbocycles. The first-order valence-electron chi connectivity index (χ1n) is 5.40. The van der Waals surface area contributed by atoms with E-state index in [0.29, 0.717) is 6.54 Å². The molecule has 2 heterocycles. The lowest BCUT2D eigenvalue weighted by Crippen LogP contribution is -2.27. The van der Waals surface area contributed by atoms with Crippen LogP contribution in [0, 0.1) is 0 Å². The second-order valence-corrected chi connectivity index (χ2v) is 4.73. The van der Waals surface area contributed by atoms with Crippen LogP contribution in [0.2, 0.25) is 0 Å². The van der Waals surface area contributed by atoms with Gasteiger partial charge in [-0.05, 0) is 32.8 Å². The van der Waals surface area contributed by atoms with Crippen LogP contribution in [-0.2, 0) is 11.3 Å². The zero-order valence-electron chi connectivity index (χ0n) is 9.27. The number of pyridine rings is 1. The predicted octanol–water partition coefficient (Wildman–Crippen LogP) is 1.81. The Bertz CT molecular complexity index is 395. The molecule has 82 valence electrons. The van der Waals surface area contributed by atoms with Crippen LogP contribution in [0.4, 0.5) is 0 Å². The molecule has 0 amide bonds. The predicted molar refractivity (Wildman–Crippen MR) is 58.9 cm³/mol. The number of aromatic nitrogens is 1. The molecule has 2 rings (SSSR count). The highest BCUT2D eigenvalue weighted by Crippen LogP contribution is 2.29. The summed E-state index contributed by atoms with van der Waals surface area (Å²) >= 11 is 0. The van der Waals surface area contributed by atoms with E-state index in [1.165, 1.54) is 0 Å². The summed E-state index contributed by atoms with van der Waals surface area (Å²) in [5.41, 5.74) is 0.0223. The minimum absolute atomic E-state index is 0.0247. The molecule has 1 atom stereocenters. The van der Waals surface area contributed by atoms with Crippen LogP contribution in [0.25, 0.3) is 0 Å². The van der Waals surface area contributed by atoms with Gasteiger partial charge in [-0.25, -0.2) is 0 Å². The van der Waals surface area contributed by atoms with Crippen molar-refractivity contribution >= 4 is 0 Å². The third kappa shape index (κ3) is 2.48. The van der Waals surface area contributed by atoms with Crippen molar-refractivity contribution in [2.75, 3.05) is 0 Å². The Morgan fingerprint density at radius 3 is 2.93 bits per heavy atom. The minimum Gasteiger partial charge on any atom is -0.370 e. The molecular weight excluding hydrogens is 190 g/mol. The molecule has 1 saturated heterocycles. The average Bonchev–Trinajstić information content (AvgIpc) is 2.50. The third-order valence-electron chi connectivity index (χ3n) is 2.85. The van der Waals surface area contributed by atoms with E-state index in [-0.39, 0.29) is 17.3 Å². The highest BCUT2D eigenvalue weighted by Gasteiger charge is 2.31. The molecule has 0 aromatic carbocycles. The molecule has 1 aliphatic rings. The lowest BCUT2D eigenvalue weighted by molar-refractivity contribution is -0.0220. The van der Waals surface area contributed by atoms with E-state index < -0.39 is 0 Å². The van der Waals surface area contributed by atoms with Crippen LogP contribution in [0.3, 0.4) is 0 Å². The number of nitrogens with zero attached hydrogens (tertiary/aromatic N) is 1. The van der Waals surface area contributed by atoms with Gasteiger partial charge in [-0.3, -0.25) is 4.79 Å². The normalized spacial score (nSPS) is 24.3. The number of rotatable bonds is 2. The Morgan fingerprint density at radius 2 is 2.33 bits per heavy atom. The summed E-state index contributed by atoms with van der Waals surface area (Å²) in [4.78, 5) is 11.5. The quantitative estimate of drug-likeness (QED) is 0.740. The fraction of sp³-hybridized carbons (Fsp3) is 0.583. The van der Waals surface area contributed by atoms with Crippen molar-refractivity contribution in [3.05, 3.63) is 34.7 Å². The molecule has 1 aliphatic heterocycles. The van der Waals surface area contributed by atoms with Crippen molar-refractivity contribution < 1.29 is 4.74 Å². The molecule has 1 fully saturated rings. The first-order valence-corrected chi connectivity index (χ1v) is 5.40. The molecule has 3 heteroatoms. The maximum Gasteiger partial charge on any atom is 0.250 e. The first kappa shape index (κ1) is 10.4. The van der Waals surface area contributed by atoms with Crippen molar-refractivity contribution in [3.8, 4) is 0 Å². The second kappa shape index (κ2) is 3.81. The molecule has 0 bridgehead atoms. The molecule has 1 aromatic heterocycles. The van der Waals surface area contributed by atoms with E-state index in [4.69, 9.17) is 4.74 Å². The summed E-state index contributed by atoms with van der Waals surface area (Å²) in [6, 6.07) is 5.22.